The molecule has 28 heavy (non-hydrogen) atoms. The Kier molecular flexibility index (Phi) is 6.59. The number of anilines is 1. The minimum absolute atomic E-state index is 0.0105. The van der Waals surface area contributed by atoms with E-state index in [-0.39, 0.29) is 5.91 Å². The lowest BCUT2D eigenvalue weighted by atomic mass is 10.1. The molecule has 144 valence electrons. The number of carbonyl (C=O) groups is 2. The molecule has 2 aromatic rings. The van der Waals surface area contributed by atoms with Crippen LogP contribution in [0, 0.1) is 0 Å². The molecule has 1 saturated heterocycles. The van der Waals surface area contributed by atoms with Gasteiger partial charge >= 0.3 is 0 Å². The van der Waals surface area contributed by atoms with Crippen LogP contribution >= 0.6 is 0 Å². The SMILES string of the molecule is O=C(/C=C/c1ccc(/C=C/C(=O)N2CCN(c3ccccc3)CC2)cc1)NO. The summed E-state index contributed by atoms with van der Waals surface area (Å²) in [6.45, 7) is 3.06. The molecule has 0 atom stereocenters. The summed E-state index contributed by atoms with van der Waals surface area (Å²) in [5.74, 6) is -0.571. The Bertz CT molecular complexity index is 852. The molecule has 3 rings (SSSR count). The van der Waals surface area contributed by atoms with Gasteiger partial charge in [-0.2, -0.15) is 0 Å². The third-order valence-electron chi connectivity index (χ3n) is 4.60. The molecular weight excluding hydrogens is 354 g/mol. The summed E-state index contributed by atoms with van der Waals surface area (Å²) in [6.07, 6.45) is 6.22. The fourth-order valence-electron chi connectivity index (χ4n) is 3.02. The first kappa shape index (κ1) is 19.4. The summed E-state index contributed by atoms with van der Waals surface area (Å²) in [5, 5.41) is 8.46. The molecule has 0 radical (unpaired) electrons. The van der Waals surface area contributed by atoms with Crippen LogP contribution in [0.4, 0.5) is 5.69 Å². The Morgan fingerprint density at radius 1 is 0.821 bits per heavy atom. The molecule has 2 aromatic carbocycles. The minimum atomic E-state index is -0.582. The highest BCUT2D eigenvalue weighted by Crippen LogP contribution is 2.16. The lowest BCUT2D eigenvalue weighted by molar-refractivity contribution is -0.126. The van der Waals surface area contributed by atoms with E-state index in [1.807, 2.05) is 47.4 Å². The van der Waals surface area contributed by atoms with Crippen molar-refractivity contribution in [3.63, 3.8) is 0 Å². The normalized spacial score (nSPS) is 14.6. The first-order chi connectivity index (χ1) is 13.7. The van der Waals surface area contributed by atoms with Crippen molar-refractivity contribution >= 4 is 29.7 Å². The lowest BCUT2D eigenvalue weighted by Gasteiger charge is -2.35. The molecule has 0 bridgehead atoms. The topological polar surface area (TPSA) is 72.9 Å². The fourth-order valence-corrected chi connectivity index (χ4v) is 3.02. The van der Waals surface area contributed by atoms with Crippen molar-refractivity contribution < 1.29 is 14.8 Å². The van der Waals surface area contributed by atoms with E-state index in [0.717, 1.165) is 24.2 Å². The zero-order chi connectivity index (χ0) is 19.8. The van der Waals surface area contributed by atoms with E-state index < -0.39 is 5.91 Å². The fraction of sp³-hybridized carbons (Fsp3) is 0.182. The van der Waals surface area contributed by atoms with Crippen LogP contribution in [-0.2, 0) is 9.59 Å². The minimum Gasteiger partial charge on any atom is -0.368 e. The van der Waals surface area contributed by atoms with Crippen LogP contribution in [0.25, 0.3) is 12.2 Å². The van der Waals surface area contributed by atoms with Crippen LogP contribution in [-0.4, -0.2) is 48.1 Å². The quantitative estimate of drug-likeness (QED) is 0.477. The number of carbonyl (C=O) groups excluding carboxylic acids is 2. The van der Waals surface area contributed by atoms with Crippen LogP contribution in [0.5, 0.6) is 0 Å². The van der Waals surface area contributed by atoms with Crippen molar-refractivity contribution in [3.05, 3.63) is 77.9 Å². The van der Waals surface area contributed by atoms with Gasteiger partial charge in [-0.3, -0.25) is 14.8 Å². The van der Waals surface area contributed by atoms with Crippen molar-refractivity contribution in [1.29, 1.82) is 0 Å². The number of amides is 2. The van der Waals surface area contributed by atoms with Crippen LogP contribution in [0.15, 0.2) is 66.7 Å². The number of hydrogen-bond acceptors (Lipinski definition) is 4. The van der Waals surface area contributed by atoms with Crippen molar-refractivity contribution in [1.82, 2.24) is 10.4 Å². The second kappa shape index (κ2) is 9.53. The average molecular weight is 377 g/mol. The van der Waals surface area contributed by atoms with Crippen molar-refractivity contribution in [2.45, 2.75) is 0 Å². The summed E-state index contributed by atoms with van der Waals surface area (Å²) in [5.41, 5.74) is 4.46. The maximum absolute atomic E-state index is 12.4. The van der Waals surface area contributed by atoms with Gasteiger partial charge in [0.25, 0.3) is 5.91 Å². The predicted molar refractivity (Wildman–Crippen MR) is 110 cm³/mol. The number of rotatable bonds is 5. The Morgan fingerprint density at radius 2 is 1.39 bits per heavy atom. The maximum atomic E-state index is 12.4. The lowest BCUT2D eigenvalue weighted by Crippen LogP contribution is -2.48. The molecule has 2 amide bonds. The third kappa shape index (κ3) is 5.31. The van der Waals surface area contributed by atoms with E-state index in [1.165, 1.54) is 11.8 Å². The molecule has 0 spiro atoms. The van der Waals surface area contributed by atoms with E-state index >= 15 is 0 Å². The molecule has 0 aromatic heterocycles. The third-order valence-corrected chi connectivity index (χ3v) is 4.60. The van der Waals surface area contributed by atoms with Gasteiger partial charge in [-0.1, -0.05) is 42.5 Å². The smallest absolute Gasteiger partial charge is 0.267 e. The molecule has 1 heterocycles. The van der Waals surface area contributed by atoms with E-state index in [1.54, 1.807) is 23.7 Å². The second-order valence-electron chi connectivity index (χ2n) is 6.46. The summed E-state index contributed by atoms with van der Waals surface area (Å²) in [6, 6.07) is 17.6. The van der Waals surface area contributed by atoms with Crippen LogP contribution in [0.2, 0.25) is 0 Å². The van der Waals surface area contributed by atoms with Gasteiger partial charge < -0.3 is 9.80 Å². The number of benzene rings is 2. The van der Waals surface area contributed by atoms with E-state index in [4.69, 9.17) is 5.21 Å². The zero-order valence-electron chi connectivity index (χ0n) is 15.5. The van der Waals surface area contributed by atoms with Crippen LogP contribution in [0.1, 0.15) is 11.1 Å². The molecule has 1 aliphatic rings. The van der Waals surface area contributed by atoms with Gasteiger partial charge in [-0.25, -0.2) is 5.48 Å². The molecule has 2 N–H and O–H groups in total. The Morgan fingerprint density at radius 3 is 1.96 bits per heavy atom. The highest BCUT2D eigenvalue weighted by atomic mass is 16.5. The van der Waals surface area contributed by atoms with Gasteiger partial charge in [0.15, 0.2) is 0 Å². The van der Waals surface area contributed by atoms with Crippen molar-refractivity contribution in [2.24, 2.45) is 0 Å². The van der Waals surface area contributed by atoms with E-state index in [2.05, 4.69) is 17.0 Å². The van der Waals surface area contributed by atoms with Gasteiger partial charge in [-0.15, -0.1) is 0 Å². The Labute approximate surface area is 164 Å². The first-order valence-corrected chi connectivity index (χ1v) is 9.15. The van der Waals surface area contributed by atoms with Gasteiger partial charge in [-0.05, 0) is 35.4 Å². The number of piperazine rings is 1. The molecule has 0 saturated carbocycles. The molecular formula is C22H23N3O3. The monoisotopic (exact) mass is 377 g/mol. The molecule has 6 nitrogen and oxygen atoms in total. The largest absolute Gasteiger partial charge is 0.368 e. The predicted octanol–water partition coefficient (Wildman–Crippen LogP) is 2.57. The van der Waals surface area contributed by atoms with Gasteiger partial charge in [0.2, 0.25) is 5.91 Å². The Balaban J connectivity index is 1.51. The van der Waals surface area contributed by atoms with Gasteiger partial charge in [0.1, 0.15) is 0 Å². The standard InChI is InChI=1S/C22H23N3O3/c26-21(23-28)12-10-18-6-8-19(9-7-18)11-13-22(27)25-16-14-24(15-17-25)20-4-2-1-3-5-20/h1-13,28H,14-17H2,(H,23,26)/b12-10+,13-11+. The summed E-state index contributed by atoms with van der Waals surface area (Å²) >= 11 is 0. The highest BCUT2D eigenvalue weighted by Gasteiger charge is 2.19. The van der Waals surface area contributed by atoms with Crippen LogP contribution < -0.4 is 10.4 Å². The molecule has 1 aliphatic heterocycles. The highest BCUT2D eigenvalue weighted by molar-refractivity contribution is 5.92. The Hall–Kier alpha value is -3.38. The average Bonchev–Trinajstić information content (AvgIpc) is 2.77. The molecule has 1 fully saturated rings. The summed E-state index contributed by atoms with van der Waals surface area (Å²) < 4.78 is 0. The molecule has 0 aliphatic carbocycles. The molecule has 6 heteroatoms. The first-order valence-electron chi connectivity index (χ1n) is 9.15. The van der Waals surface area contributed by atoms with E-state index in [9.17, 15) is 9.59 Å². The summed E-state index contributed by atoms with van der Waals surface area (Å²) in [7, 11) is 0. The van der Waals surface area contributed by atoms with Crippen molar-refractivity contribution in [2.75, 3.05) is 31.1 Å². The number of nitrogens with one attached hydrogen (secondary N) is 1. The number of nitrogens with zero attached hydrogens (tertiary/aromatic N) is 2. The van der Waals surface area contributed by atoms with E-state index in [0.29, 0.717) is 13.1 Å². The number of hydrogen-bond donors (Lipinski definition) is 2. The number of para-hydroxylation sites is 1. The maximum Gasteiger partial charge on any atom is 0.267 e. The van der Waals surface area contributed by atoms with Crippen LogP contribution in [0.3, 0.4) is 0 Å². The van der Waals surface area contributed by atoms with Crippen molar-refractivity contribution in [3.8, 4) is 0 Å². The zero-order valence-corrected chi connectivity index (χ0v) is 15.5. The van der Waals surface area contributed by atoms with Gasteiger partial charge in [0, 0.05) is 44.0 Å². The number of hydroxylamine groups is 1. The van der Waals surface area contributed by atoms with Gasteiger partial charge in [0.05, 0.1) is 0 Å². The summed E-state index contributed by atoms with van der Waals surface area (Å²) in [4.78, 5) is 27.6. The molecule has 0 unspecified atom stereocenters. The second-order valence-corrected chi connectivity index (χ2v) is 6.46.